The number of nitrogens with one attached hydrogen (secondary N) is 1. The summed E-state index contributed by atoms with van der Waals surface area (Å²) in [6.07, 6.45) is 1.82. The van der Waals surface area contributed by atoms with Gasteiger partial charge in [0.1, 0.15) is 6.54 Å². The molecule has 0 bridgehead atoms. The molecule has 18 heavy (non-hydrogen) atoms. The van der Waals surface area contributed by atoms with E-state index in [0.717, 1.165) is 10.9 Å². The largest absolute Gasteiger partial charge is 0.476 e. The molecule has 1 aromatic rings. The highest BCUT2D eigenvalue weighted by Crippen LogP contribution is 1.92. The van der Waals surface area contributed by atoms with Gasteiger partial charge in [-0.3, -0.25) is 9.59 Å². The Morgan fingerprint density at radius 1 is 1.44 bits per heavy atom. The highest BCUT2D eigenvalue weighted by molar-refractivity contribution is 5.84. The van der Waals surface area contributed by atoms with Crippen molar-refractivity contribution in [3.8, 4) is 0 Å². The van der Waals surface area contributed by atoms with Gasteiger partial charge in [-0.05, 0) is 6.42 Å². The molecule has 0 spiro atoms. The van der Waals surface area contributed by atoms with E-state index in [2.05, 4.69) is 15.6 Å². The second-order valence-corrected chi connectivity index (χ2v) is 3.53. The van der Waals surface area contributed by atoms with E-state index in [0.29, 0.717) is 13.0 Å². The SMILES string of the molecule is NC(=O)CCCNC(=O)Cn1cc(C(=O)O)nn1. The van der Waals surface area contributed by atoms with E-state index in [-0.39, 0.29) is 24.6 Å². The molecule has 1 heterocycles. The topological polar surface area (TPSA) is 140 Å². The number of carboxylic acids is 1. The Bertz CT molecular complexity index is 456. The maximum absolute atomic E-state index is 11.4. The lowest BCUT2D eigenvalue weighted by molar-refractivity contribution is -0.122. The standard InChI is InChI=1S/C9H13N5O4/c10-7(15)2-1-3-11-8(16)5-14-4-6(9(17)18)12-13-14/h4H,1-3,5H2,(H2,10,15)(H,11,16)(H,17,18). The van der Waals surface area contributed by atoms with Crippen LogP contribution < -0.4 is 11.1 Å². The first kappa shape index (κ1) is 13.6. The molecule has 0 saturated heterocycles. The molecule has 0 aromatic carbocycles. The molecule has 2 amide bonds. The number of hydrogen-bond acceptors (Lipinski definition) is 5. The van der Waals surface area contributed by atoms with Gasteiger partial charge in [0, 0.05) is 13.0 Å². The zero-order valence-corrected chi connectivity index (χ0v) is 9.50. The first-order valence-corrected chi connectivity index (χ1v) is 5.17. The van der Waals surface area contributed by atoms with Gasteiger partial charge in [0.15, 0.2) is 5.69 Å². The minimum Gasteiger partial charge on any atom is -0.476 e. The molecule has 9 nitrogen and oxygen atoms in total. The van der Waals surface area contributed by atoms with Crippen LogP contribution in [-0.2, 0) is 16.1 Å². The van der Waals surface area contributed by atoms with Crippen LogP contribution in [0, 0.1) is 0 Å². The molecule has 0 aliphatic carbocycles. The van der Waals surface area contributed by atoms with Crippen LogP contribution in [0.15, 0.2) is 6.20 Å². The number of hydrogen-bond donors (Lipinski definition) is 3. The number of carbonyl (C=O) groups is 3. The fourth-order valence-corrected chi connectivity index (χ4v) is 1.17. The van der Waals surface area contributed by atoms with Crippen LogP contribution in [-0.4, -0.2) is 44.4 Å². The second kappa shape index (κ2) is 6.33. The molecular formula is C9H13N5O4. The summed E-state index contributed by atoms with van der Waals surface area (Å²) in [4.78, 5) is 32.3. The van der Waals surface area contributed by atoms with E-state index in [9.17, 15) is 14.4 Å². The molecule has 4 N–H and O–H groups in total. The van der Waals surface area contributed by atoms with Gasteiger partial charge in [0.05, 0.1) is 6.20 Å². The Labute approximate surface area is 102 Å². The number of aromatic nitrogens is 3. The zero-order chi connectivity index (χ0) is 13.5. The van der Waals surface area contributed by atoms with Gasteiger partial charge in [-0.15, -0.1) is 5.10 Å². The second-order valence-electron chi connectivity index (χ2n) is 3.53. The van der Waals surface area contributed by atoms with Gasteiger partial charge in [0.25, 0.3) is 0 Å². The minimum absolute atomic E-state index is 0.128. The summed E-state index contributed by atoms with van der Waals surface area (Å²) in [5.41, 5.74) is 4.71. The molecule has 0 fully saturated rings. The molecular weight excluding hydrogens is 242 g/mol. The number of aromatic carboxylic acids is 1. The summed E-state index contributed by atoms with van der Waals surface area (Å²) in [5.74, 6) is -1.98. The predicted octanol–water partition coefficient (Wildman–Crippen LogP) is -1.64. The Balaban J connectivity index is 2.31. The zero-order valence-electron chi connectivity index (χ0n) is 9.50. The van der Waals surface area contributed by atoms with E-state index < -0.39 is 11.9 Å². The maximum Gasteiger partial charge on any atom is 0.358 e. The Hall–Kier alpha value is -2.45. The minimum atomic E-state index is -1.21. The van der Waals surface area contributed by atoms with Gasteiger partial charge < -0.3 is 16.2 Å². The van der Waals surface area contributed by atoms with Crippen molar-refractivity contribution in [2.75, 3.05) is 6.54 Å². The number of primary amides is 1. The van der Waals surface area contributed by atoms with E-state index >= 15 is 0 Å². The Kier molecular flexibility index (Phi) is 4.78. The molecule has 1 rings (SSSR count). The molecule has 9 heteroatoms. The van der Waals surface area contributed by atoms with Crippen molar-refractivity contribution < 1.29 is 19.5 Å². The summed E-state index contributed by atoms with van der Waals surface area (Å²) in [7, 11) is 0. The summed E-state index contributed by atoms with van der Waals surface area (Å²) < 4.78 is 1.12. The fourth-order valence-electron chi connectivity index (χ4n) is 1.17. The number of amides is 2. The molecule has 0 radical (unpaired) electrons. The van der Waals surface area contributed by atoms with Gasteiger partial charge in [-0.2, -0.15) is 0 Å². The first-order chi connectivity index (χ1) is 8.49. The lowest BCUT2D eigenvalue weighted by Gasteiger charge is -2.03. The first-order valence-electron chi connectivity index (χ1n) is 5.17. The Morgan fingerprint density at radius 3 is 2.72 bits per heavy atom. The Morgan fingerprint density at radius 2 is 2.17 bits per heavy atom. The van der Waals surface area contributed by atoms with Crippen molar-refractivity contribution in [3.63, 3.8) is 0 Å². The molecule has 0 aliphatic rings. The average molecular weight is 255 g/mol. The van der Waals surface area contributed by atoms with Crippen molar-refractivity contribution in [1.82, 2.24) is 20.3 Å². The maximum atomic E-state index is 11.4. The normalized spacial score (nSPS) is 10.0. The predicted molar refractivity (Wildman–Crippen MR) is 58.4 cm³/mol. The molecule has 0 aliphatic heterocycles. The van der Waals surface area contributed by atoms with Gasteiger partial charge in [0.2, 0.25) is 11.8 Å². The van der Waals surface area contributed by atoms with E-state index in [1.165, 1.54) is 0 Å². The van der Waals surface area contributed by atoms with Crippen molar-refractivity contribution in [1.29, 1.82) is 0 Å². The summed E-state index contributed by atoms with van der Waals surface area (Å²) >= 11 is 0. The number of nitrogens with two attached hydrogens (primary N) is 1. The third-order valence-electron chi connectivity index (χ3n) is 1.99. The third-order valence-corrected chi connectivity index (χ3v) is 1.99. The van der Waals surface area contributed by atoms with Crippen LogP contribution in [0.4, 0.5) is 0 Å². The van der Waals surface area contributed by atoms with Crippen molar-refractivity contribution >= 4 is 17.8 Å². The van der Waals surface area contributed by atoms with Crippen LogP contribution in [0.3, 0.4) is 0 Å². The number of rotatable bonds is 7. The molecule has 98 valence electrons. The number of nitrogens with zero attached hydrogens (tertiary/aromatic N) is 3. The summed E-state index contributed by atoms with van der Waals surface area (Å²) in [5, 5.41) is 18.0. The lowest BCUT2D eigenvalue weighted by atomic mass is 10.3. The van der Waals surface area contributed by atoms with Crippen LogP contribution in [0.25, 0.3) is 0 Å². The average Bonchev–Trinajstić information content (AvgIpc) is 2.72. The molecule has 0 unspecified atom stereocenters. The molecule has 0 saturated carbocycles. The quantitative estimate of drug-likeness (QED) is 0.499. The van der Waals surface area contributed by atoms with Crippen molar-refractivity contribution in [3.05, 3.63) is 11.9 Å². The summed E-state index contributed by atoms with van der Waals surface area (Å²) in [6.45, 7) is 0.194. The van der Waals surface area contributed by atoms with Crippen LogP contribution in [0.1, 0.15) is 23.3 Å². The highest BCUT2D eigenvalue weighted by Gasteiger charge is 2.10. The van der Waals surface area contributed by atoms with E-state index in [4.69, 9.17) is 10.8 Å². The fraction of sp³-hybridized carbons (Fsp3) is 0.444. The number of carbonyl (C=O) groups excluding carboxylic acids is 2. The highest BCUT2D eigenvalue weighted by atomic mass is 16.4. The van der Waals surface area contributed by atoms with Gasteiger partial charge >= 0.3 is 5.97 Å². The molecule has 0 atom stereocenters. The van der Waals surface area contributed by atoms with Crippen LogP contribution >= 0.6 is 0 Å². The molecule has 1 aromatic heterocycles. The third kappa shape index (κ3) is 4.60. The van der Waals surface area contributed by atoms with Crippen LogP contribution in [0.5, 0.6) is 0 Å². The van der Waals surface area contributed by atoms with Gasteiger partial charge in [-0.1, -0.05) is 5.21 Å². The van der Waals surface area contributed by atoms with E-state index in [1.807, 2.05) is 0 Å². The van der Waals surface area contributed by atoms with Crippen molar-refractivity contribution in [2.24, 2.45) is 5.73 Å². The van der Waals surface area contributed by atoms with Crippen LogP contribution in [0.2, 0.25) is 0 Å². The van der Waals surface area contributed by atoms with E-state index in [1.54, 1.807) is 0 Å². The van der Waals surface area contributed by atoms with Gasteiger partial charge in [-0.25, -0.2) is 9.48 Å². The number of carboxylic acid groups (broad SMARTS) is 1. The lowest BCUT2D eigenvalue weighted by Crippen LogP contribution is -2.29. The summed E-state index contributed by atoms with van der Waals surface area (Å²) in [6, 6.07) is 0. The monoisotopic (exact) mass is 255 g/mol. The van der Waals surface area contributed by atoms with Crippen molar-refractivity contribution in [2.45, 2.75) is 19.4 Å². The smallest absolute Gasteiger partial charge is 0.358 e.